The minimum Gasteiger partial charge on any atom is -0.416 e. The summed E-state index contributed by atoms with van der Waals surface area (Å²) in [5.41, 5.74) is 1.37. The zero-order valence-electron chi connectivity index (χ0n) is 18.9. The van der Waals surface area contributed by atoms with Crippen LogP contribution in [0.4, 0.5) is 0 Å². The Hall–Kier alpha value is -1.70. The Bertz CT molecular complexity index is 987. The minimum absolute atomic E-state index is 0.0321. The molecule has 0 radical (unpaired) electrons. The molecule has 0 bridgehead atoms. The zero-order valence-corrected chi connectivity index (χ0v) is 20.7. The van der Waals surface area contributed by atoms with E-state index in [-0.39, 0.29) is 22.3 Å². The number of allylic oxidation sites excluding steroid dienone is 2. The molecule has 0 aromatic heterocycles. The topological polar surface area (TPSA) is 63.7 Å². The maximum atomic E-state index is 13.3. The normalized spacial score (nSPS) is 22.7. The van der Waals surface area contributed by atoms with Gasteiger partial charge in [-0.15, -0.1) is 0 Å². The van der Waals surface area contributed by atoms with Crippen LogP contribution in [0.2, 0.25) is 18.1 Å². The van der Waals surface area contributed by atoms with E-state index in [1.54, 1.807) is 30.5 Å². The van der Waals surface area contributed by atoms with Crippen molar-refractivity contribution >= 4 is 24.1 Å². The Kier molecular flexibility index (Phi) is 5.95. The quantitative estimate of drug-likeness (QED) is 0.608. The third-order valence-corrected chi connectivity index (χ3v) is 12.9. The van der Waals surface area contributed by atoms with Gasteiger partial charge in [-0.3, -0.25) is 9.10 Å². The summed E-state index contributed by atoms with van der Waals surface area (Å²) >= 11 is 0. The summed E-state index contributed by atoms with van der Waals surface area (Å²) in [6.45, 7) is 13.4. The molecular weight excluding hydrogens is 414 g/mol. The van der Waals surface area contributed by atoms with Gasteiger partial charge in [0.1, 0.15) is 5.78 Å². The molecule has 0 saturated heterocycles. The Morgan fingerprint density at radius 2 is 1.80 bits per heavy atom. The fraction of sp³-hybridized carbons (Fsp3) is 0.522. The predicted molar refractivity (Wildman–Crippen MR) is 122 cm³/mol. The van der Waals surface area contributed by atoms with Crippen molar-refractivity contribution in [1.82, 2.24) is 4.31 Å². The number of carbonyl (C=O) groups is 1. The van der Waals surface area contributed by atoms with E-state index in [1.807, 2.05) is 19.1 Å². The second kappa shape index (κ2) is 7.77. The van der Waals surface area contributed by atoms with Crippen molar-refractivity contribution in [3.63, 3.8) is 0 Å². The molecule has 0 spiro atoms. The molecule has 30 heavy (non-hydrogen) atoms. The van der Waals surface area contributed by atoms with Gasteiger partial charge in [0.25, 0.3) is 10.0 Å². The van der Waals surface area contributed by atoms with Crippen LogP contribution in [-0.2, 0) is 19.2 Å². The number of Topliss-reactive ketones (excluding diaryl/α,β-unsaturated/α-hetero) is 1. The van der Waals surface area contributed by atoms with Crippen molar-refractivity contribution in [2.45, 2.75) is 63.6 Å². The molecular formula is C23H33NO4SSi. The van der Waals surface area contributed by atoms with E-state index in [0.717, 1.165) is 11.1 Å². The first-order valence-corrected chi connectivity index (χ1v) is 14.7. The summed E-state index contributed by atoms with van der Waals surface area (Å²) in [7, 11) is -5.76. The zero-order chi connectivity index (χ0) is 22.4. The van der Waals surface area contributed by atoms with Crippen LogP contribution in [-0.4, -0.2) is 40.0 Å². The smallest absolute Gasteiger partial charge is 0.263 e. The molecule has 0 amide bonds. The molecule has 5 nitrogen and oxygen atoms in total. The molecule has 164 valence electrons. The monoisotopic (exact) mass is 447 g/mol. The summed E-state index contributed by atoms with van der Waals surface area (Å²) < 4.78 is 34.5. The van der Waals surface area contributed by atoms with E-state index in [0.29, 0.717) is 19.4 Å². The second-order valence-corrected chi connectivity index (χ2v) is 16.8. The highest BCUT2D eigenvalue weighted by Crippen LogP contribution is 2.45. The van der Waals surface area contributed by atoms with Gasteiger partial charge in [0, 0.05) is 37.6 Å². The van der Waals surface area contributed by atoms with Gasteiger partial charge in [-0.25, -0.2) is 8.42 Å². The summed E-state index contributed by atoms with van der Waals surface area (Å²) in [5.74, 6) is 0.126. The molecule has 1 unspecified atom stereocenters. The number of nitrogens with zero attached hydrogens (tertiary/aromatic N) is 1. The van der Waals surface area contributed by atoms with Crippen molar-refractivity contribution < 1.29 is 17.6 Å². The average Bonchev–Trinajstić information content (AvgIpc) is 2.65. The van der Waals surface area contributed by atoms with E-state index in [2.05, 4.69) is 33.9 Å². The number of ketones is 1. The van der Waals surface area contributed by atoms with Gasteiger partial charge in [-0.05, 0) is 48.8 Å². The molecule has 1 aliphatic carbocycles. The third-order valence-electron chi connectivity index (χ3n) is 6.72. The van der Waals surface area contributed by atoms with Gasteiger partial charge in [0.05, 0.1) is 4.90 Å². The molecule has 0 fully saturated rings. The lowest BCUT2D eigenvalue weighted by Gasteiger charge is -2.46. The fourth-order valence-corrected chi connectivity index (χ4v) is 6.08. The summed E-state index contributed by atoms with van der Waals surface area (Å²) in [5, 5.41) is 0.0321. The Morgan fingerprint density at radius 3 is 2.40 bits per heavy atom. The Labute approximate surface area is 182 Å². The molecule has 1 aromatic rings. The highest BCUT2D eigenvalue weighted by molar-refractivity contribution is 7.89. The number of aryl methyl sites for hydroxylation is 1. The van der Waals surface area contributed by atoms with E-state index >= 15 is 0 Å². The first-order valence-electron chi connectivity index (χ1n) is 10.4. The number of carbonyl (C=O) groups excluding carboxylic acids is 1. The van der Waals surface area contributed by atoms with E-state index < -0.39 is 23.8 Å². The van der Waals surface area contributed by atoms with Crippen molar-refractivity contribution in [1.29, 1.82) is 0 Å². The van der Waals surface area contributed by atoms with Crippen LogP contribution in [0.5, 0.6) is 0 Å². The lowest BCUT2D eigenvalue weighted by molar-refractivity contribution is -0.121. The SMILES string of the molecule is Cc1ccc(S(=O)(=O)N2C=CC3=CCC(=O)CC3(CO[Si](C)(C)C(C)(C)C)C2)cc1. The molecule has 1 atom stereocenters. The molecule has 7 heteroatoms. The van der Waals surface area contributed by atoms with Gasteiger partial charge < -0.3 is 4.43 Å². The van der Waals surface area contributed by atoms with Crippen LogP contribution in [0.1, 0.15) is 39.2 Å². The van der Waals surface area contributed by atoms with Gasteiger partial charge >= 0.3 is 0 Å². The van der Waals surface area contributed by atoms with Crippen LogP contribution >= 0.6 is 0 Å². The summed E-state index contributed by atoms with van der Waals surface area (Å²) in [4.78, 5) is 12.7. The maximum absolute atomic E-state index is 13.3. The number of rotatable bonds is 5. The minimum atomic E-state index is -3.70. The van der Waals surface area contributed by atoms with Crippen LogP contribution in [0.15, 0.2) is 53.1 Å². The van der Waals surface area contributed by atoms with Crippen molar-refractivity contribution in [3.05, 3.63) is 53.8 Å². The van der Waals surface area contributed by atoms with E-state index in [9.17, 15) is 13.2 Å². The van der Waals surface area contributed by atoms with E-state index in [1.165, 1.54) is 4.31 Å². The Balaban J connectivity index is 1.95. The first kappa shape index (κ1) is 23.0. The molecule has 3 rings (SSSR count). The summed E-state index contributed by atoms with van der Waals surface area (Å²) in [6, 6.07) is 6.86. The number of benzene rings is 1. The number of hydrogen-bond acceptors (Lipinski definition) is 4. The standard InChI is InChI=1S/C23H33NO4SSi/c1-18-7-11-21(12-8-18)29(26,27)24-14-13-19-9-10-20(25)15-23(19,16-24)17-28-30(5,6)22(2,3)4/h7-9,11-14H,10,15-17H2,1-6H3. The molecule has 1 aliphatic heterocycles. The molecule has 1 aromatic carbocycles. The first-order chi connectivity index (χ1) is 13.8. The van der Waals surface area contributed by atoms with Gasteiger partial charge in [0.15, 0.2) is 8.32 Å². The highest BCUT2D eigenvalue weighted by atomic mass is 32.2. The molecule has 2 aliphatic rings. The highest BCUT2D eigenvalue weighted by Gasteiger charge is 2.46. The number of fused-ring (bicyclic) bond motifs is 1. The predicted octanol–water partition coefficient (Wildman–Crippen LogP) is 4.81. The average molecular weight is 448 g/mol. The molecule has 0 saturated carbocycles. The number of sulfonamides is 1. The van der Waals surface area contributed by atoms with Crippen LogP contribution in [0.25, 0.3) is 0 Å². The van der Waals surface area contributed by atoms with Gasteiger partial charge in [-0.2, -0.15) is 0 Å². The van der Waals surface area contributed by atoms with Crippen molar-refractivity contribution in [3.8, 4) is 0 Å². The second-order valence-electron chi connectivity index (χ2n) is 10.1. The lowest BCUT2D eigenvalue weighted by Crippen LogP contribution is -2.50. The van der Waals surface area contributed by atoms with Gasteiger partial charge in [0.2, 0.25) is 0 Å². The van der Waals surface area contributed by atoms with Crippen molar-refractivity contribution in [2.75, 3.05) is 13.2 Å². The molecule has 1 heterocycles. The van der Waals surface area contributed by atoms with E-state index in [4.69, 9.17) is 4.43 Å². The van der Waals surface area contributed by atoms with Crippen molar-refractivity contribution in [2.24, 2.45) is 5.41 Å². The number of hydrogen-bond donors (Lipinski definition) is 0. The lowest BCUT2D eigenvalue weighted by atomic mass is 9.71. The third kappa shape index (κ3) is 4.34. The maximum Gasteiger partial charge on any atom is 0.263 e. The summed E-state index contributed by atoms with van der Waals surface area (Å²) in [6.07, 6.45) is 6.11. The fourth-order valence-electron chi connectivity index (χ4n) is 3.62. The van der Waals surface area contributed by atoms with Crippen LogP contribution in [0, 0.1) is 12.3 Å². The Morgan fingerprint density at radius 1 is 1.17 bits per heavy atom. The largest absolute Gasteiger partial charge is 0.416 e. The van der Waals surface area contributed by atoms with Crippen LogP contribution < -0.4 is 0 Å². The molecule has 0 N–H and O–H groups in total. The van der Waals surface area contributed by atoms with Gasteiger partial charge in [-0.1, -0.05) is 44.5 Å². The van der Waals surface area contributed by atoms with Crippen LogP contribution in [0.3, 0.4) is 0 Å².